The standard InChI is InChI=1S/C16H17ClN2O2/c1-2-9-20-11-3-5-12(6-4-11)21-13-7-8-14(16(18)19)15(17)10-13/h3-8,10H,2,9H2,1H3,(H3,18,19). The summed E-state index contributed by atoms with van der Waals surface area (Å²) in [5.41, 5.74) is 5.91. The molecule has 0 spiro atoms. The van der Waals surface area contributed by atoms with Crippen LogP contribution in [0.25, 0.3) is 0 Å². The maximum atomic E-state index is 7.39. The highest BCUT2D eigenvalue weighted by Gasteiger charge is 2.06. The molecule has 2 rings (SSSR count). The van der Waals surface area contributed by atoms with E-state index in [0.717, 1.165) is 12.2 Å². The van der Waals surface area contributed by atoms with Crippen LogP contribution in [0, 0.1) is 5.41 Å². The van der Waals surface area contributed by atoms with Crippen LogP contribution >= 0.6 is 11.6 Å². The van der Waals surface area contributed by atoms with E-state index in [2.05, 4.69) is 6.92 Å². The van der Waals surface area contributed by atoms with E-state index in [9.17, 15) is 0 Å². The summed E-state index contributed by atoms with van der Waals surface area (Å²) in [4.78, 5) is 0. The smallest absolute Gasteiger partial charge is 0.128 e. The Morgan fingerprint density at radius 2 is 1.71 bits per heavy atom. The molecule has 0 aromatic heterocycles. The maximum Gasteiger partial charge on any atom is 0.128 e. The Bertz CT molecular complexity index is 627. The number of nitrogens with two attached hydrogens (primary N) is 1. The average Bonchev–Trinajstić information content (AvgIpc) is 2.46. The number of amidine groups is 1. The van der Waals surface area contributed by atoms with Crippen molar-refractivity contribution in [3.05, 3.63) is 53.1 Å². The Morgan fingerprint density at radius 3 is 2.29 bits per heavy atom. The first kappa shape index (κ1) is 15.2. The van der Waals surface area contributed by atoms with E-state index in [4.69, 9.17) is 32.2 Å². The van der Waals surface area contributed by atoms with Gasteiger partial charge in [-0.15, -0.1) is 0 Å². The minimum atomic E-state index is -0.0658. The molecule has 0 atom stereocenters. The Hall–Kier alpha value is -2.20. The molecule has 0 saturated heterocycles. The van der Waals surface area contributed by atoms with Crippen LogP contribution in [0.3, 0.4) is 0 Å². The number of halogens is 1. The SMILES string of the molecule is CCCOc1ccc(Oc2ccc(C(=N)N)c(Cl)c2)cc1. The van der Waals surface area contributed by atoms with Gasteiger partial charge in [-0.2, -0.15) is 0 Å². The lowest BCUT2D eigenvalue weighted by molar-refractivity contribution is 0.317. The second-order valence-electron chi connectivity index (χ2n) is 4.48. The highest BCUT2D eigenvalue weighted by atomic mass is 35.5. The molecule has 2 aromatic rings. The molecule has 0 aliphatic rings. The Balaban J connectivity index is 2.07. The number of rotatable bonds is 6. The molecule has 0 saturated carbocycles. The van der Waals surface area contributed by atoms with Crippen LogP contribution in [0.15, 0.2) is 42.5 Å². The van der Waals surface area contributed by atoms with Gasteiger partial charge in [0.2, 0.25) is 0 Å². The molecule has 2 aromatic carbocycles. The van der Waals surface area contributed by atoms with Crippen molar-refractivity contribution in [3.8, 4) is 17.2 Å². The van der Waals surface area contributed by atoms with E-state index in [-0.39, 0.29) is 5.84 Å². The second kappa shape index (κ2) is 6.99. The van der Waals surface area contributed by atoms with Gasteiger partial charge in [-0.3, -0.25) is 5.41 Å². The first-order chi connectivity index (χ1) is 10.1. The van der Waals surface area contributed by atoms with Crippen LogP contribution in [0.1, 0.15) is 18.9 Å². The van der Waals surface area contributed by atoms with Gasteiger partial charge >= 0.3 is 0 Å². The van der Waals surface area contributed by atoms with Gasteiger partial charge in [-0.05, 0) is 42.8 Å². The molecule has 0 bridgehead atoms. The fourth-order valence-electron chi connectivity index (χ4n) is 1.74. The summed E-state index contributed by atoms with van der Waals surface area (Å²) in [5, 5.41) is 7.78. The van der Waals surface area contributed by atoms with E-state index in [1.165, 1.54) is 0 Å². The average molecular weight is 305 g/mol. The minimum absolute atomic E-state index is 0.0658. The van der Waals surface area contributed by atoms with Crippen molar-refractivity contribution in [2.75, 3.05) is 6.61 Å². The third kappa shape index (κ3) is 4.13. The third-order valence-corrected chi connectivity index (χ3v) is 3.08. The zero-order chi connectivity index (χ0) is 15.2. The van der Waals surface area contributed by atoms with Gasteiger partial charge in [0.05, 0.1) is 11.6 Å². The van der Waals surface area contributed by atoms with Gasteiger partial charge in [-0.25, -0.2) is 0 Å². The first-order valence-electron chi connectivity index (χ1n) is 6.65. The molecule has 3 N–H and O–H groups in total. The fraction of sp³-hybridized carbons (Fsp3) is 0.188. The predicted octanol–water partition coefficient (Wildman–Crippen LogP) is 4.21. The summed E-state index contributed by atoms with van der Waals surface area (Å²) in [5.74, 6) is 2.02. The molecule has 4 nitrogen and oxygen atoms in total. The zero-order valence-corrected chi connectivity index (χ0v) is 12.5. The molecule has 110 valence electrons. The summed E-state index contributed by atoms with van der Waals surface area (Å²) < 4.78 is 11.2. The summed E-state index contributed by atoms with van der Waals surface area (Å²) in [6.45, 7) is 2.76. The van der Waals surface area contributed by atoms with Crippen LogP contribution in [-0.2, 0) is 0 Å². The predicted molar refractivity (Wildman–Crippen MR) is 84.8 cm³/mol. The summed E-state index contributed by atoms with van der Waals surface area (Å²) in [7, 11) is 0. The maximum absolute atomic E-state index is 7.39. The summed E-state index contributed by atoms with van der Waals surface area (Å²) in [6.07, 6.45) is 0.971. The van der Waals surface area contributed by atoms with Gasteiger partial charge in [0.1, 0.15) is 23.1 Å². The highest BCUT2D eigenvalue weighted by molar-refractivity contribution is 6.34. The Labute approximate surface area is 129 Å². The normalized spacial score (nSPS) is 10.2. The molecule has 0 fully saturated rings. The van der Waals surface area contributed by atoms with Gasteiger partial charge in [0.25, 0.3) is 0 Å². The van der Waals surface area contributed by atoms with Gasteiger partial charge < -0.3 is 15.2 Å². The van der Waals surface area contributed by atoms with Crippen LogP contribution < -0.4 is 15.2 Å². The third-order valence-electron chi connectivity index (χ3n) is 2.76. The lowest BCUT2D eigenvalue weighted by atomic mass is 10.2. The summed E-state index contributed by atoms with van der Waals surface area (Å²) in [6, 6.07) is 12.4. The largest absolute Gasteiger partial charge is 0.494 e. The van der Waals surface area contributed by atoms with E-state index >= 15 is 0 Å². The molecule has 0 heterocycles. The summed E-state index contributed by atoms with van der Waals surface area (Å²) >= 11 is 6.05. The van der Waals surface area contributed by atoms with E-state index < -0.39 is 0 Å². The Kier molecular flexibility index (Phi) is 5.06. The van der Waals surface area contributed by atoms with Crippen molar-refractivity contribution in [3.63, 3.8) is 0 Å². The second-order valence-corrected chi connectivity index (χ2v) is 4.88. The molecule has 0 aliphatic carbocycles. The quantitative estimate of drug-likeness (QED) is 0.620. The van der Waals surface area contributed by atoms with Crippen molar-refractivity contribution >= 4 is 17.4 Å². The monoisotopic (exact) mass is 304 g/mol. The molecular formula is C16H17ClN2O2. The van der Waals surface area contributed by atoms with Crippen molar-refractivity contribution in [2.24, 2.45) is 5.73 Å². The molecule has 0 radical (unpaired) electrons. The van der Waals surface area contributed by atoms with Crippen LogP contribution in [0.2, 0.25) is 5.02 Å². The lowest BCUT2D eigenvalue weighted by Gasteiger charge is -2.09. The van der Waals surface area contributed by atoms with E-state index in [1.807, 2.05) is 24.3 Å². The topological polar surface area (TPSA) is 68.3 Å². The minimum Gasteiger partial charge on any atom is -0.494 e. The lowest BCUT2D eigenvalue weighted by Crippen LogP contribution is -2.11. The molecule has 5 heteroatoms. The number of hydrogen-bond acceptors (Lipinski definition) is 3. The van der Waals surface area contributed by atoms with Gasteiger partial charge in [0, 0.05) is 11.6 Å². The van der Waals surface area contributed by atoms with Crippen LogP contribution in [0.5, 0.6) is 17.2 Å². The number of nitrogens with one attached hydrogen (secondary N) is 1. The molecule has 0 unspecified atom stereocenters. The molecule has 0 aliphatic heterocycles. The fourth-order valence-corrected chi connectivity index (χ4v) is 2.01. The molecule has 0 amide bonds. The van der Waals surface area contributed by atoms with Gasteiger partial charge in [-0.1, -0.05) is 18.5 Å². The zero-order valence-electron chi connectivity index (χ0n) is 11.7. The van der Waals surface area contributed by atoms with Crippen LogP contribution in [0.4, 0.5) is 0 Å². The van der Waals surface area contributed by atoms with Crippen molar-refractivity contribution in [2.45, 2.75) is 13.3 Å². The Morgan fingerprint density at radius 1 is 1.10 bits per heavy atom. The van der Waals surface area contributed by atoms with Crippen molar-refractivity contribution in [1.29, 1.82) is 5.41 Å². The van der Waals surface area contributed by atoms with Crippen molar-refractivity contribution in [1.82, 2.24) is 0 Å². The van der Waals surface area contributed by atoms with Crippen LogP contribution in [-0.4, -0.2) is 12.4 Å². The number of benzene rings is 2. The molecule has 21 heavy (non-hydrogen) atoms. The highest BCUT2D eigenvalue weighted by Crippen LogP contribution is 2.27. The van der Waals surface area contributed by atoms with Gasteiger partial charge in [0.15, 0.2) is 0 Å². The number of ether oxygens (including phenoxy) is 2. The van der Waals surface area contributed by atoms with E-state index in [0.29, 0.717) is 28.7 Å². The number of hydrogen-bond donors (Lipinski definition) is 2. The van der Waals surface area contributed by atoms with Crippen molar-refractivity contribution < 1.29 is 9.47 Å². The van der Waals surface area contributed by atoms with E-state index in [1.54, 1.807) is 18.2 Å². The number of nitrogen functional groups attached to an aromatic ring is 1. The first-order valence-corrected chi connectivity index (χ1v) is 7.02. The molecular weight excluding hydrogens is 288 g/mol.